The summed E-state index contributed by atoms with van der Waals surface area (Å²) < 4.78 is 50.6. The van der Waals surface area contributed by atoms with E-state index in [2.05, 4.69) is 10.2 Å². The van der Waals surface area contributed by atoms with E-state index in [9.17, 15) is 32.7 Å². The lowest BCUT2D eigenvalue weighted by Gasteiger charge is -2.50. The molecule has 6 atom stereocenters. The van der Waals surface area contributed by atoms with Crippen molar-refractivity contribution >= 4 is 52.5 Å². The fourth-order valence-corrected chi connectivity index (χ4v) is 9.59. The van der Waals surface area contributed by atoms with Crippen LogP contribution in [0.5, 0.6) is 17.2 Å². The number of carbonyl (C=O) groups is 4. The third kappa shape index (κ3) is 6.04. The van der Waals surface area contributed by atoms with E-state index in [1.165, 1.54) is 30.2 Å². The number of anilines is 1. The van der Waals surface area contributed by atoms with Gasteiger partial charge in [-0.2, -0.15) is 5.01 Å². The highest BCUT2D eigenvalue weighted by atomic mass is 35.5. The van der Waals surface area contributed by atoms with Crippen molar-refractivity contribution in [2.24, 2.45) is 23.7 Å². The molecule has 1 saturated carbocycles. The number of amides is 4. The maximum Gasteiger partial charge on any atom is 0.573 e. The number of hydrazine groups is 1. The number of fused-ring (bicyclic) bond motifs is 4. The van der Waals surface area contributed by atoms with Crippen molar-refractivity contribution in [1.82, 2.24) is 9.91 Å². The van der Waals surface area contributed by atoms with Gasteiger partial charge >= 0.3 is 6.36 Å². The molecule has 0 bridgehead atoms. The number of phenols is 1. The van der Waals surface area contributed by atoms with Gasteiger partial charge in [0, 0.05) is 16.5 Å². The molecule has 288 valence electrons. The Morgan fingerprint density at radius 2 is 1.59 bits per heavy atom. The Balaban J connectivity index is 1.34. The van der Waals surface area contributed by atoms with Crippen molar-refractivity contribution < 1.29 is 46.9 Å². The van der Waals surface area contributed by atoms with Crippen molar-refractivity contribution in [2.45, 2.75) is 37.1 Å². The number of ether oxygens (including phenoxy) is 2. The van der Waals surface area contributed by atoms with Crippen LogP contribution in [0.2, 0.25) is 10.0 Å². The number of allylic oxidation sites excluding steroid dienone is 2. The molecule has 15 heteroatoms. The molecule has 4 aromatic carbocycles. The van der Waals surface area contributed by atoms with Crippen LogP contribution in [0.1, 0.15) is 35.4 Å². The van der Waals surface area contributed by atoms with Gasteiger partial charge in [0.2, 0.25) is 11.8 Å². The maximum atomic E-state index is 15.4. The number of phenolic OH excluding ortho intramolecular Hbond substituents is 1. The lowest BCUT2D eigenvalue weighted by molar-refractivity contribution is -0.274. The van der Waals surface area contributed by atoms with Crippen molar-refractivity contribution in [3.63, 3.8) is 0 Å². The molecule has 0 radical (unpaired) electrons. The van der Waals surface area contributed by atoms with Gasteiger partial charge in [0.25, 0.3) is 11.8 Å². The predicted octanol–water partition coefficient (Wildman–Crippen LogP) is 7.79. The Hall–Kier alpha value is -5.53. The van der Waals surface area contributed by atoms with Crippen LogP contribution < -0.4 is 14.9 Å². The molecule has 8 rings (SSSR count). The number of carbonyl (C=O) groups excluding carboxylic acids is 4. The number of likely N-dealkylation sites (tertiary alicyclic amines) is 1. The van der Waals surface area contributed by atoms with Gasteiger partial charge in [-0.1, -0.05) is 77.3 Å². The Kier molecular flexibility index (Phi) is 9.28. The van der Waals surface area contributed by atoms with Crippen LogP contribution in [0.4, 0.5) is 18.9 Å². The highest BCUT2D eigenvalue weighted by Gasteiger charge is 2.70. The summed E-state index contributed by atoms with van der Waals surface area (Å²) in [5.74, 6) is -8.31. The van der Waals surface area contributed by atoms with Crippen LogP contribution in [-0.4, -0.2) is 52.1 Å². The Morgan fingerprint density at radius 3 is 2.27 bits per heavy atom. The van der Waals surface area contributed by atoms with Crippen LogP contribution >= 0.6 is 23.2 Å². The fourth-order valence-electron chi connectivity index (χ4n) is 9.14. The van der Waals surface area contributed by atoms with E-state index in [1.807, 2.05) is 6.07 Å². The second-order valence-corrected chi connectivity index (χ2v) is 15.1. The van der Waals surface area contributed by atoms with Crippen LogP contribution in [0.15, 0.2) is 103 Å². The van der Waals surface area contributed by atoms with Gasteiger partial charge in [0.15, 0.2) is 0 Å². The fraction of sp³-hybridized carbons (Fsp3) is 0.268. The SMILES string of the molecule is COc1ccc(C23C(=O)N(Nc4ccc(Cl)cc4Cl)C(=O)C2CC2C(=CCC4C(=O)N(Cc5ccccc5)C(=O)C42)C3c2cc(OC(F)(F)F)ccc2O)cc1. The van der Waals surface area contributed by atoms with Crippen LogP contribution in [-0.2, 0) is 31.1 Å². The second kappa shape index (κ2) is 13.9. The summed E-state index contributed by atoms with van der Waals surface area (Å²) >= 11 is 12.6. The predicted molar refractivity (Wildman–Crippen MR) is 197 cm³/mol. The van der Waals surface area contributed by atoms with Crippen LogP contribution in [0.25, 0.3) is 0 Å². The van der Waals surface area contributed by atoms with Crippen LogP contribution in [0, 0.1) is 23.7 Å². The third-order valence-electron chi connectivity index (χ3n) is 11.4. The molecule has 56 heavy (non-hydrogen) atoms. The van der Waals surface area contributed by atoms with Gasteiger partial charge in [-0.05, 0) is 78.4 Å². The lowest BCUT2D eigenvalue weighted by Crippen LogP contribution is -2.53. The van der Waals surface area contributed by atoms with E-state index in [-0.39, 0.29) is 41.6 Å². The number of benzene rings is 4. The standard InChI is InChI=1S/C41H32Cl2F3N3O7/c1-55-24-10-7-22(8-11-24)40-30(37(52)49(39(40)54)47-32-15-9-23(42)17-31(32)43)19-28-26(35(40)29-18-25(12-16-33(29)50)56-41(44,45)46)13-14-27-34(28)38(53)48(36(27)51)20-21-5-3-2-4-6-21/h2-13,15-18,27-28,30,34-35,47,50H,14,19-20H2,1H3. The Morgan fingerprint density at radius 1 is 0.875 bits per heavy atom. The summed E-state index contributed by atoms with van der Waals surface area (Å²) in [4.78, 5) is 59.9. The van der Waals surface area contributed by atoms with E-state index in [0.717, 1.165) is 28.8 Å². The highest BCUT2D eigenvalue weighted by Crippen LogP contribution is 2.65. The van der Waals surface area contributed by atoms with Gasteiger partial charge < -0.3 is 14.6 Å². The average molecular weight is 807 g/mol. The number of rotatable bonds is 8. The molecule has 4 aromatic rings. The summed E-state index contributed by atoms with van der Waals surface area (Å²) in [7, 11) is 1.45. The first kappa shape index (κ1) is 37.4. The molecule has 2 heterocycles. The first-order valence-electron chi connectivity index (χ1n) is 17.6. The second-order valence-electron chi connectivity index (χ2n) is 14.2. The number of aromatic hydroxyl groups is 1. The van der Waals surface area contributed by atoms with Gasteiger partial charge in [-0.15, -0.1) is 13.2 Å². The molecule has 2 aliphatic heterocycles. The third-order valence-corrected chi connectivity index (χ3v) is 11.9. The molecule has 3 fully saturated rings. The molecule has 4 aliphatic rings. The zero-order valence-electron chi connectivity index (χ0n) is 29.4. The highest BCUT2D eigenvalue weighted by molar-refractivity contribution is 6.36. The quantitative estimate of drug-likeness (QED) is 0.137. The monoisotopic (exact) mass is 805 g/mol. The van der Waals surface area contributed by atoms with Gasteiger partial charge in [-0.3, -0.25) is 29.5 Å². The van der Waals surface area contributed by atoms with E-state index >= 15 is 4.79 Å². The Bertz CT molecular complexity index is 2310. The molecular formula is C41H32Cl2F3N3O7. The van der Waals surface area contributed by atoms with E-state index in [4.69, 9.17) is 27.9 Å². The number of halogens is 5. The average Bonchev–Trinajstić information content (AvgIpc) is 3.53. The summed E-state index contributed by atoms with van der Waals surface area (Å²) in [5.41, 5.74) is 2.39. The molecular weight excluding hydrogens is 774 g/mol. The number of alkyl halides is 3. The van der Waals surface area contributed by atoms with Crippen molar-refractivity contribution in [3.8, 4) is 17.2 Å². The lowest BCUT2D eigenvalue weighted by atomic mass is 9.49. The number of methoxy groups -OCH3 is 1. The molecule has 2 saturated heterocycles. The number of nitrogens with zero attached hydrogens (tertiary/aromatic N) is 2. The summed E-state index contributed by atoms with van der Waals surface area (Å²) in [5, 5.41) is 12.8. The van der Waals surface area contributed by atoms with Gasteiger partial charge in [0.05, 0.1) is 47.5 Å². The van der Waals surface area contributed by atoms with Crippen molar-refractivity contribution in [1.29, 1.82) is 0 Å². The molecule has 0 spiro atoms. The molecule has 10 nitrogen and oxygen atoms in total. The number of hydrogen-bond donors (Lipinski definition) is 2. The van der Waals surface area contributed by atoms with Crippen LogP contribution in [0.3, 0.4) is 0 Å². The zero-order valence-corrected chi connectivity index (χ0v) is 30.9. The first-order valence-corrected chi connectivity index (χ1v) is 18.4. The topological polar surface area (TPSA) is 125 Å². The minimum atomic E-state index is -5.10. The first-order chi connectivity index (χ1) is 26.7. The minimum absolute atomic E-state index is 0.0186. The molecule has 4 amide bonds. The Labute approximate surface area is 328 Å². The van der Waals surface area contributed by atoms with Gasteiger partial charge in [-0.25, -0.2) is 0 Å². The maximum absolute atomic E-state index is 15.4. The summed E-state index contributed by atoms with van der Waals surface area (Å²) in [6.45, 7) is 0.0186. The minimum Gasteiger partial charge on any atom is -0.508 e. The van der Waals surface area contributed by atoms with E-state index in [1.54, 1.807) is 54.6 Å². The largest absolute Gasteiger partial charge is 0.573 e. The number of hydrogen-bond acceptors (Lipinski definition) is 8. The number of imide groups is 2. The van der Waals surface area contributed by atoms with E-state index in [0.29, 0.717) is 21.9 Å². The zero-order chi connectivity index (χ0) is 39.7. The molecule has 2 aliphatic carbocycles. The van der Waals surface area contributed by atoms with Crippen molar-refractivity contribution in [3.05, 3.63) is 129 Å². The van der Waals surface area contributed by atoms with E-state index < -0.39 is 70.6 Å². The smallest absolute Gasteiger partial charge is 0.508 e. The van der Waals surface area contributed by atoms with Crippen molar-refractivity contribution in [2.75, 3.05) is 12.5 Å². The summed E-state index contributed by atoms with van der Waals surface area (Å²) in [6, 6.07) is 22.7. The normalized spacial score (nSPS) is 25.8. The molecule has 6 unspecified atom stereocenters. The molecule has 2 N–H and O–H groups in total. The van der Waals surface area contributed by atoms with Gasteiger partial charge in [0.1, 0.15) is 17.2 Å². The molecule has 0 aromatic heterocycles. The summed E-state index contributed by atoms with van der Waals surface area (Å²) in [6.07, 6.45) is -3.40. The number of nitrogens with one attached hydrogen (secondary N) is 1.